The van der Waals surface area contributed by atoms with Crippen LogP contribution in [0.4, 0.5) is 0 Å². The third-order valence-electron chi connectivity index (χ3n) is 4.42. The van der Waals surface area contributed by atoms with Gasteiger partial charge in [-0.2, -0.15) is 4.98 Å². The van der Waals surface area contributed by atoms with Crippen molar-refractivity contribution in [2.45, 2.75) is 30.6 Å². The molecule has 26 heavy (non-hydrogen) atoms. The van der Waals surface area contributed by atoms with Crippen molar-refractivity contribution in [1.82, 2.24) is 14.6 Å². The number of fused-ring (bicyclic) bond motifs is 1. The number of nitrogens with zero attached hydrogens (tertiary/aromatic N) is 2. The Morgan fingerprint density at radius 1 is 1.12 bits per heavy atom. The number of ether oxygens (including phenoxy) is 3. The molecule has 0 amide bonds. The SMILES string of the molecule is O=S1(=O)NCCCOCCOc2nc(OCCN3CCCCC3)ccc21. The van der Waals surface area contributed by atoms with E-state index >= 15 is 0 Å². The summed E-state index contributed by atoms with van der Waals surface area (Å²) < 4.78 is 44.1. The van der Waals surface area contributed by atoms with E-state index in [-0.39, 0.29) is 17.4 Å². The molecule has 3 rings (SSSR count). The molecule has 1 fully saturated rings. The van der Waals surface area contributed by atoms with Gasteiger partial charge in [0, 0.05) is 25.8 Å². The lowest BCUT2D eigenvalue weighted by Crippen LogP contribution is -2.33. The standard InChI is InChI=1S/C17H27N3O5S/c21-26(22)15-5-6-16(24-12-10-20-8-2-1-3-9-20)19-17(15)25-14-13-23-11-4-7-18-26/h5-6,18H,1-4,7-14H2. The first-order valence-corrected chi connectivity index (χ1v) is 10.7. The number of nitrogens with one attached hydrogen (secondary N) is 1. The maximum absolute atomic E-state index is 12.4. The molecular weight excluding hydrogens is 358 g/mol. The molecule has 2 aliphatic rings. The third-order valence-corrected chi connectivity index (χ3v) is 5.89. The minimum atomic E-state index is -3.67. The van der Waals surface area contributed by atoms with E-state index in [0.29, 0.717) is 38.7 Å². The summed E-state index contributed by atoms with van der Waals surface area (Å²) in [7, 11) is -3.67. The molecule has 1 saturated heterocycles. The van der Waals surface area contributed by atoms with Gasteiger partial charge in [-0.15, -0.1) is 0 Å². The largest absolute Gasteiger partial charge is 0.476 e. The molecule has 0 aromatic carbocycles. The van der Waals surface area contributed by atoms with Crippen molar-refractivity contribution in [3.8, 4) is 11.8 Å². The minimum Gasteiger partial charge on any atom is -0.476 e. The first-order chi connectivity index (χ1) is 12.6. The summed E-state index contributed by atoms with van der Waals surface area (Å²) in [6.07, 6.45) is 4.38. The highest BCUT2D eigenvalue weighted by Crippen LogP contribution is 2.25. The monoisotopic (exact) mass is 385 g/mol. The van der Waals surface area contributed by atoms with Crippen LogP contribution in [0.1, 0.15) is 25.7 Å². The van der Waals surface area contributed by atoms with Crippen LogP contribution >= 0.6 is 0 Å². The Hall–Kier alpha value is -1.42. The van der Waals surface area contributed by atoms with Crippen LogP contribution in [0.2, 0.25) is 0 Å². The molecule has 0 saturated carbocycles. The maximum Gasteiger partial charge on any atom is 0.245 e. The van der Waals surface area contributed by atoms with Crippen molar-refractivity contribution in [3.05, 3.63) is 12.1 Å². The van der Waals surface area contributed by atoms with E-state index in [1.54, 1.807) is 6.07 Å². The van der Waals surface area contributed by atoms with Gasteiger partial charge in [-0.3, -0.25) is 4.90 Å². The van der Waals surface area contributed by atoms with Crippen LogP contribution in [0, 0.1) is 0 Å². The molecule has 0 aliphatic carbocycles. The zero-order chi connectivity index (χ0) is 18.2. The van der Waals surface area contributed by atoms with E-state index in [1.165, 1.54) is 25.3 Å². The fourth-order valence-corrected chi connectivity index (χ4v) is 4.17. The second-order valence-corrected chi connectivity index (χ2v) is 8.15. The van der Waals surface area contributed by atoms with Crippen LogP contribution in [0.25, 0.3) is 0 Å². The van der Waals surface area contributed by atoms with Gasteiger partial charge in [0.1, 0.15) is 18.1 Å². The number of likely N-dealkylation sites (tertiary alicyclic amines) is 1. The Kier molecular flexibility index (Phi) is 7.07. The van der Waals surface area contributed by atoms with E-state index < -0.39 is 10.0 Å². The summed E-state index contributed by atoms with van der Waals surface area (Å²) in [6.45, 7) is 5.00. The third kappa shape index (κ3) is 5.54. The van der Waals surface area contributed by atoms with Gasteiger partial charge in [0.05, 0.1) is 6.61 Å². The van der Waals surface area contributed by atoms with Crippen molar-refractivity contribution < 1.29 is 22.6 Å². The molecule has 9 heteroatoms. The first kappa shape index (κ1) is 19.3. The molecule has 1 aromatic rings. The smallest absolute Gasteiger partial charge is 0.245 e. The van der Waals surface area contributed by atoms with Gasteiger partial charge < -0.3 is 14.2 Å². The van der Waals surface area contributed by atoms with Gasteiger partial charge in [-0.05, 0) is 38.4 Å². The lowest BCUT2D eigenvalue weighted by atomic mass is 10.1. The second-order valence-electron chi connectivity index (χ2n) is 6.42. The molecule has 1 aromatic heterocycles. The number of aromatic nitrogens is 1. The van der Waals surface area contributed by atoms with Crippen molar-refractivity contribution in [3.63, 3.8) is 0 Å². The predicted octanol–water partition coefficient (Wildman–Crippen LogP) is 1.02. The maximum atomic E-state index is 12.4. The second kappa shape index (κ2) is 9.50. The number of pyridine rings is 1. The van der Waals surface area contributed by atoms with Crippen molar-refractivity contribution >= 4 is 10.0 Å². The summed E-state index contributed by atoms with van der Waals surface area (Å²) in [6, 6.07) is 3.06. The molecule has 0 radical (unpaired) electrons. The summed E-state index contributed by atoms with van der Waals surface area (Å²) >= 11 is 0. The zero-order valence-electron chi connectivity index (χ0n) is 15.0. The Morgan fingerprint density at radius 3 is 2.81 bits per heavy atom. The van der Waals surface area contributed by atoms with Gasteiger partial charge in [0.15, 0.2) is 0 Å². The molecule has 0 unspecified atom stereocenters. The normalized spacial score (nSPS) is 21.8. The fraction of sp³-hybridized carbons (Fsp3) is 0.706. The molecule has 0 bridgehead atoms. The number of hydrogen-bond donors (Lipinski definition) is 1. The summed E-state index contributed by atoms with van der Waals surface area (Å²) in [5.74, 6) is 0.422. The summed E-state index contributed by atoms with van der Waals surface area (Å²) in [5, 5.41) is 0. The van der Waals surface area contributed by atoms with Crippen LogP contribution in [0.5, 0.6) is 11.8 Å². The van der Waals surface area contributed by atoms with E-state index in [9.17, 15) is 8.42 Å². The molecule has 3 heterocycles. The number of hydrogen-bond acceptors (Lipinski definition) is 7. The van der Waals surface area contributed by atoms with Crippen LogP contribution in [-0.4, -0.2) is 70.9 Å². The Labute approximate surface area is 154 Å². The van der Waals surface area contributed by atoms with E-state index in [4.69, 9.17) is 14.2 Å². The van der Waals surface area contributed by atoms with E-state index in [0.717, 1.165) is 19.6 Å². The summed E-state index contributed by atoms with van der Waals surface area (Å²) in [5.41, 5.74) is 0. The molecule has 2 aliphatic heterocycles. The van der Waals surface area contributed by atoms with Crippen LogP contribution in [-0.2, 0) is 14.8 Å². The fourth-order valence-electron chi connectivity index (χ4n) is 3.02. The highest BCUT2D eigenvalue weighted by atomic mass is 32.2. The quantitative estimate of drug-likeness (QED) is 0.828. The molecule has 0 spiro atoms. The highest BCUT2D eigenvalue weighted by Gasteiger charge is 2.22. The highest BCUT2D eigenvalue weighted by molar-refractivity contribution is 7.89. The predicted molar refractivity (Wildman–Crippen MR) is 96.1 cm³/mol. The van der Waals surface area contributed by atoms with Gasteiger partial charge >= 0.3 is 0 Å². The lowest BCUT2D eigenvalue weighted by Gasteiger charge is -2.26. The average molecular weight is 385 g/mol. The number of piperidine rings is 1. The Balaban J connectivity index is 1.66. The van der Waals surface area contributed by atoms with E-state index in [1.807, 2.05) is 0 Å². The number of rotatable bonds is 4. The van der Waals surface area contributed by atoms with Gasteiger partial charge in [-0.1, -0.05) is 6.42 Å². The molecular formula is C17H27N3O5S. The van der Waals surface area contributed by atoms with Crippen LogP contribution < -0.4 is 14.2 Å². The van der Waals surface area contributed by atoms with Crippen molar-refractivity contribution in [1.29, 1.82) is 0 Å². The molecule has 8 nitrogen and oxygen atoms in total. The van der Waals surface area contributed by atoms with Crippen molar-refractivity contribution in [2.24, 2.45) is 0 Å². The zero-order valence-corrected chi connectivity index (χ0v) is 15.8. The summed E-state index contributed by atoms with van der Waals surface area (Å²) in [4.78, 5) is 6.66. The topological polar surface area (TPSA) is 90.0 Å². The van der Waals surface area contributed by atoms with Crippen molar-refractivity contribution in [2.75, 3.05) is 52.6 Å². The first-order valence-electron chi connectivity index (χ1n) is 9.21. The van der Waals surface area contributed by atoms with Crippen LogP contribution in [0.3, 0.4) is 0 Å². The Bertz CT molecular complexity index is 677. The Morgan fingerprint density at radius 2 is 1.96 bits per heavy atom. The molecule has 146 valence electrons. The van der Waals surface area contributed by atoms with Crippen LogP contribution in [0.15, 0.2) is 17.0 Å². The van der Waals surface area contributed by atoms with E-state index in [2.05, 4.69) is 14.6 Å². The van der Waals surface area contributed by atoms with Gasteiger partial charge in [-0.25, -0.2) is 13.1 Å². The molecule has 0 atom stereocenters. The molecule has 1 N–H and O–H groups in total. The minimum absolute atomic E-state index is 0.0304. The van der Waals surface area contributed by atoms with Gasteiger partial charge in [0.2, 0.25) is 21.8 Å². The number of sulfonamides is 1. The average Bonchev–Trinajstić information content (AvgIpc) is 2.67. The van der Waals surface area contributed by atoms with Gasteiger partial charge in [0.25, 0.3) is 0 Å². The lowest BCUT2D eigenvalue weighted by molar-refractivity contribution is 0.0965.